The van der Waals surface area contributed by atoms with Gasteiger partial charge in [0.2, 0.25) is 0 Å². The molecule has 0 aromatic heterocycles. The quantitative estimate of drug-likeness (QED) is 0.192. The summed E-state index contributed by atoms with van der Waals surface area (Å²) >= 11 is 1.51. The van der Waals surface area contributed by atoms with E-state index < -0.39 is 5.97 Å². The standard InChI is InChI=1S/C20H18N2O5S/c1-27-20(25)13-6-8-15(9-7-13)28-11-10-14(21-26)12-22-18(23)16-4-2-3-5-17(16)19(22)24/h2-9,26H,10-12H2,1H3/b21-14+. The van der Waals surface area contributed by atoms with Gasteiger partial charge in [0.1, 0.15) is 0 Å². The van der Waals surface area contributed by atoms with E-state index in [1.54, 1.807) is 48.5 Å². The van der Waals surface area contributed by atoms with Crippen LogP contribution < -0.4 is 0 Å². The Morgan fingerprint density at radius 2 is 1.68 bits per heavy atom. The lowest BCUT2D eigenvalue weighted by Gasteiger charge is -2.14. The summed E-state index contributed by atoms with van der Waals surface area (Å²) in [5.41, 5.74) is 1.54. The summed E-state index contributed by atoms with van der Waals surface area (Å²) in [6, 6.07) is 13.6. The monoisotopic (exact) mass is 398 g/mol. The highest BCUT2D eigenvalue weighted by molar-refractivity contribution is 7.99. The Labute approximate surface area is 166 Å². The van der Waals surface area contributed by atoms with E-state index in [-0.39, 0.29) is 18.4 Å². The van der Waals surface area contributed by atoms with Crippen LogP contribution in [0.3, 0.4) is 0 Å². The molecule has 0 unspecified atom stereocenters. The number of carbonyl (C=O) groups excluding carboxylic acids is 3. The molecule has 1 heterocycles. The molecule has 0 bridgehead atoms. The molecule has 2 aromatic rings. The van der Waals surface area contributed by atoms with Gasteiger partial charge in [-0.15, -0.1) is 11.8 Å². The van der Waals surface area contributed by atoms with Crippen molar-refractivity contribution in [3.63, 3.8) is 0 Å². The van der Waals surface area contributed by atoms with Gasteiger partial charge in [-0.05, 0) is 36.4 Å². The number of esters is 1. The molecule has 0 saturated carbocycles. The van der Waals surface area contributed by atoms with Crippen LogP contribution in [0.25, 0.3) is 0 Å². The Morgan fingerprint density at radius 3 is 2.21 bits per heavy atom. The van der Waals surface area contributed by atoms with E-state index in [0.717, 1.165) is 9.80 Å². The van der Waals surface area contributed by atoms with Crippen molar-refractivity contribution in [2.24, 2.45) is 5.16 Å². The Bertz CT molecular complexity index is 905. The third-order valence-electron chi connectivity index (χ3n) is 4.30. The van der Waals surface area contributed by atoms with Gasteiger partial charge >= 0.3 is 5.97 Å². The molecule has 0 atom stereocenters. The number of carbonyl (C=O) groups is 3. The lowest BCUT2D eigenvalue weighted by atomic mass is 10.1. The summed E-state index contributed by atoms with van der Waals surface area (Å²) in [6.45, 7) is -0.0509. The van der Waals surface area contributed by atoms with Gasteiger partial charge in [-0.2, -0.15) is 0 Å². The molecule has 2 aromatic carbocycles. The molecule has 1 aliphatic rings. The number of amides is 2. The summed E-state index contributed by atoms with van der Waals surface area (Å²) in [4.78, 5) is 38.2. The SMILES string of the molecule is COC(=O)c1ccc(SCC/C(CN2C(=O)c3ccccc3C2=O)=N\O)cc1. The van der Waals surface area contributed by atoms with Crippen LogP contribution in [0.1, 0.15) is 37.5 Å². The van der Waals surface area contributed by atoms with E-state index in [1.807, 2.05) is 0 Å². The van der Waals surface area contributed by atoms with Crippen molar-refractivity contribution in [3.05, 3.63) is 65.2 Å². The molecule has 144 valence electrons. The van der Waals surface area contributed by atoms with Gasteiger partial charge in [0, 0.05) is 17.1 Å². The predicted molar refractivity (Wildman–Crippen MR) is 104 cm³/mol. The molecule has 0 radical (unpaired) electrons. The maximum absolute atomic E-state index is 12.4. The predicted octanol–water partition coefficient (Wildman–Crippen LogP) is 3.08. The van der Waals surface area contributed by atoms with Crippen molar-refractivity contribution < 1.29 is 24.3 Å². The zero-order valence-corrected chi connectivity index (χ0v) is 15.9. The minimum Gasteiger partial charge on any atom is -0.465 e. The number of ether oxygens (including phenoxy) is 1. The van der Waals surface area contributed by atoms with Crippen LogP contribution in [0.15, 0.2) is 58.6 Å². The van der Waals surface area contributed by atoms with E-state index in [4.69, 9.17) is 0 Å². The van der Waals surface area contributed by atoms with Crippen molar-refractivity contribution in [1.82, 2.24) is 4.90 Å². The lowest BCUT2D eigenvalue weighted by Crippen LogP contribution is -2.35. The van der Waals surface area contributed by atoms with E-state index in [0.29, 0.717) is 34.6 Å². The van der Waals surface area contributed by atoms with Gasteiger partial charge in [-0.25, -0.2) is 4.79 Å². The highest BCUT2D eigenvalue weighted by atomic mass is 32.2. The minimum absolute atomic E-state index is 0.0509. The van der Waals surface area contributed by atoms with Crippen molar-refractivity contribution >= 4 is 35.3 Å². The Balaban J connectivity index is 1.55. The van der Waals surface area contributed by atoms with Crippen LogP contribution in [0, 0.1) is 0 Å². The van der Waals surface area contributed by atoms with Crippen molar-refractivity contribution in [2.75, 3.05) is 19.4 Å². The summed E-state index contributed by atoms with van der Waals surface area (Å²) in [5, 5.41) is 12.5. The molecule has 1 aliphatic heterocycles. The highest BCUT2D eigenvalue weighted by Gasteiger charge is 2.35. The van der Waals surface area contributed by atoms with Crippen LogP contribution in [-0.4, -0.2) is 53.0 Å². The average Bonchev–Trinajstić information content (AvgIpc) is 2.97. The highest BCUT2D eigenvalue weighted by Crippen LogP contribution is 2.23. The largest absolute Gasteiger partial charge is 0.465 e. The van der Waals surface area contributed by atoms with Gasteiger partial charge in [-0.3, -0.25) is 14.5 Å². The van der Waals surface area contributed by atoms with E-state index in [1.165, 1.54) is 18.9 Å². The fraction of sp³-hybridized carbons (Fsp3) is 0.200. The molecule has 28 heavy (non-hydrogen) atoms. The Morgan fingerprint density at radius 1 is 1.07 bits per heavy atom. The molecule has 3 rings (SSSR count). The smallest absolute Gasteiger partial charge is 0.337 e. The number of nitrogens with zero attached hydrogens (tertiary/aromatic N) is 2. The zero-order chi connectivity index (χ0) is 20.1. The molecule has 2 amide bonds. The zero-order valence-electron chi connectivity index (χ0n) is 15.1. The first kappa shape index (κ1) is 19.6. The first-order valence-electron chi connectivity index (χ1n) is 8.51. The first-order valence-corrected chi connectivity index (χ1v) is 9.50. The number of hydrogen-bond donors (Lipinski definition) is 1. The van der Waals surface area contributed by atoms with E-state index in [9.17, 15) is 19.6 Å². The van der Waals surface area contributed by atoms with Gasteiger partial charge in [0.15, 0.2) is 0 Å². The van der Waals surface area contributed by atoms with Crippen molar-refractivity contribution in [1.29, 1.82) is 0 Å². The van der Waals surface area contributed by atoms with Crippen LogP contribution in [0.5, 0.6) is 0 Å². The Hall–Kier alpha value is -3.13. The second kappa shape index (κ2) is 8.71. The lowest BCUT2D eigenvalue weighted by molar-refractivity contribution is 0.0599. The van der Waals surface area contributed by atoms with Gasteiger partial charge in [0.05, 0.1) is 36.1 Å². The topological polar surface area (TPSA) is 96.3 Å². The number of hydrogen-bond acceptors (Lipinski definition) is 7. The first-order chi connectivity index (χ1) is 13.5. The number of benzene rings is 2. The maximum atomic E-state index is 12.4. The third kappa shape index (κ3) is 4.07. The molecule has 0 aliphatic carbocycles. The summed E-state index contributed by atoms with van der Waals surface area (Å²) in [6.07, 6.45) is 0.396. The minimum atomic E-state index is -0.396. The van der Waals surface area contributed by atoms with E-state index in [2.05, 4.69) is 9.89 Å². The van der Waals surface area contributed by atoms with Crippen LogP contribution in [0.4, 0.5) is 0 Å². The second-order valence-corrected chi connectivity index (χ2v) is 7.19. The molecular formula is C20H18N2O5S. The van der Waals surface area contributed by atoms with Gasteiger partial charge in [0.25, 0.3) is 11.8 Å². The Kier molecular flexibility index (Phi) is 6.10. The van der Waals surface area contributed by atoms with Crippen molar-refractivity contribution in [2.45, 2.75) is 11.3 Å². The molecule has 8 heteroatoms. The number of imide groups is 1. The number of thioether (sulfide) groups is 1. The van der Waals surface area contributed by atoms with E-state index >= 15 is 0 Å². The number of methoxy groups -OCH3 is 1. The molecule has 0 spiro atoms. The molecule has 1 N–H and O–H groups in total. The third-order valence-corrected chi connectivity index (χ3v) is 5.31. The normalized spacial score (nSPS) is 13.6. The van der Waals surface area contributed by atoms with Crippen LogP contribution in [0.2, 0.25) is 0 Å². The number of rotatable bonds is 7. The molecule has 0 fully saturated rings. The van der Waals surface area contributed by atoms with Crippen LogP contribution >= 0.6 is 11.8 Å². The molecular weight excluding hydrogens is 380 g/mol. The maximum Gasteiger partial charge on any atom is 0.337 e. The number of fused-ring (bicyclic) bond motifs is 1. The summed E-state index contributed by atoms with van der Waals surface area (Å²) in [5.74, 6) is -0.576. The average molecular weight is 398 g/mol. The molecule has 7 nitrogen and oxygen atoms in total. The van der Waals surface area contributed by atoms with Crippen molar-refractivity contribution in [3.8, 4) is 0 Å². The molecule has 0 saturated heterocycles. The summed E-state index contributed by atoms with van der Waals surface area (Å²) in [7, 11) is 1.33. The van der Waals surface area contributed by atoms with Gasteiger partial charge in [-0.1, -0.05) is 17.3 Å². The van der Waals surface area contributed by atoms with Gasteiger partial charge < -0.3 is 9.94 Å². The second-order valence-electron chi connectivity index (χ2n) is 6.02. The fourth-order valence-electron chi connectivity index (χ4n) is 2.82. The summed E-state index contributed by atoms with van der Waals surface area (Å²) < 4.78 is 4.66. The fourth-order valence-corrected chi connectivity index (χ4v) is 3.72. The van der Waals surface area contributed by atoms with Crippen LogP contribution in [-0.2, 0) is 4.74 Å². The number of oxime groups is 1.